The zero-order valence-corrected chi connectivity index (χ0v) is 8.69. The number of hydrogen-bond donors (Lipinski definition) is 1. The van der Waals surface area contributed by atoms with E-state index in [-0.39, 0.29) is 0 Å². The molecule has 0 unspecified atom stereocenters. The monoisotopic (exact) mass is 205 g/mol. The molecule has 0 saturated carbocycles. The molecule has 72 valence electrons. The van der Waals surface area contributed by atoms with E-state index in [9.17, 15) is 0 Å². The Kier molecular flexibility index (Phi) is 3.08. The molecule has 1 aromatic carbocycles. The molecule has 0 saturated heterocycles. The largest absolute Gasteiger partial charge is 0.312 e. The molecule has 1 N–H and O–H groups in total. The third kappa shape index (κ3) is 1.92. The van der Waals surface area contributed by atoms with Crippen molar-refractivity contribution in [1.82, 2.24) is 5.32 Å². The Morgan fingerprint density at radius 1 is 1.43 bits per heavy atom. The first-order valence-corrected chi connectivity index (χ1v) is 5.31. The molecular weight excluding hydrogens is 194 g/mol. The molecule has 2 heteroatoms. The van der Waals surface area contributed by atoms with E-state index in [1.54, 1.807) is 0 Å². The molecule has 0 radical (unpaired) electrons. The summed E-state index contributed by atoms with van der Waals surface area (Å²) in [7, 11) is 0. The fourth-order valence-corrected chi connectivity index (χ4v) is 1.84. The Morgan fingerprint density at radius 2 is 2.36 bits per heavy atom. The number of rotatable bonds is 0. The molecule has 0 amide bonds. The molecule has 14 heavy (non-hydrogen) atoms. The first-order valence-electron chi connectivity index (χ1n) is 4.78. The molecule has 1 nitrogen and oxygen atoms in total. The lowest BCUT2D eigenvalue weighted by Crippen LogP contribution is -2.24. The average molecular weight is 206 g/mol. The van der Waals surface area contributed by atoms with Gasteiger partial charge in [0.1, 0.15) is 0 Å². The van der Waals surface area contributed by atoms with Crippen molar-refractivity contribution in [2.45, 2.75) is 13.0 Å². The summed E-state index contributed by atoms with van der Waals surface area (Å²) in [6.45, 7) is 2.01. The van der Waals surface area contributed by atoms with Crippen LogP contribution < -0.4 is 5.32 Å². The van der Waals surface area contributed by atoms with Gasteiger partial charge in [-0.1, -0.05) is 24.0 Å². The Balaban J connectivity index is 2.40. The van der Waals surface area contributed by atoms with Gasteiger partial charge >= 0.3 is 0 Å². The molecule has 0 bridgehead atoms. The molecule has 0 aromatic heterocycles. The summed E-state index contributed by atoms with van der Waals surface area (Å²) in [6, 6.07) is 6.29. The average Bonchev–Trinajstić information content (AvgIpc) is 2.26. The van der Waals surface area contributed by atoms with Crippen LogP contribution in [0.25, 0.3) is 0 Å². The second kappa shape index (κ2) is 4.50. The molecular formula is C12H12ClN. The van der Waals surface area contributed by atoms with Crippen molar-refractivity contribution in [3.05, 3.63) is 34.9 Å². The predicted octanol–water partition coefficient (Wildman–Crippen LogP) is 1.92. The molecule has 2 rings (SSSR count). The van der Waals surface area contributed by atoms with E-state index in [0.717, 1.165) is 25.1 Å². The normalized spacial score (nSPS) is 14.1. The fourth-order valence-electron chi connectivity index (χ4n) is 1.78. The quantitative estimate of drug-likeness (QED) is 0.504. The van der Waals surface area contributed by atoms with E-state index >= 15 is 0 Å². The van der Waals surface area contributed by atoms with Crippen LogP contribution in [0.15, 0.2) is 18.2 Å². The highest BCUT2D eigenvalue weighted by Crippen LogP contribution is 2.17. The van der Waals surface area contributed by atoms with E-state index in [0.29, 0.717) is 5.88 Å². The van der Waals surface area contributed by atoms with Crippen LogP contribution in [0.3, 0.4) is 0 Å². The van der Waals surface area contributed by atoms with Crippen molar-refractivity contribution in [1.29, 1.82) is 0 Å². The van der Waals surface area contributed by atoms with Crippen LogP contribution in [0.2, 0.25) is 0 Å². The second-order valence-corrected chi connectivity index (χ2v) is 3.57. The number of nitrogens with one attached hydrogen (secondary N) is 1. The van der Waals surface area contributed by atoms with Crippen LogP contribution in [0.1, 0.15) is 16.7 Å². The Hall–Kier alpha value is -0.970. The van der Waals surface area contributed by atoms with Crippen LogP contribution in [0, 0.1) is 11.8 Å². The van der Waals surface area contributed by atoms with E-state index < -0.39 is 0 Å². The minimum absolute atomic E-state index is 0.405. The highest BCUT2D eigenvalue weighted by Gasteiger charge is 2.10. The number of fused-ring (bicyclic) bond motifs is 1. The topological polar surface area (TPSA) is 12.0 Å². The second-order valence-electron chi connectivity index (χ2n) is 3.31. The smallest absolute Gasteiger partial charge is 0.0839 e. The van der Waals surface area contributed by atoms with Gasteiger partial charge in [0.25, 0.3) is 0 Å². The maximum atomic E-state index is 5.55. The third-order valence-corrected chi connectivity index (χ3v) is 2.56. The molecule has 0 aliphatic carbocycles. The zero-order chi connectivity index (χ0) is 9.80. The molecule has 1 aliphatic rings. The highest BCUT2D eigenvalue weighted by atomic mass is 35.5. The van der Waals surface area contributed by atoms with Gasteiger partial charge in [0.05, 0.1) is 5.88 Å². The standard InChI is InChI=1S/C12H12ClN/c13-7-2-5-10-3-1-4-11-9-14-8-6-12(10)11/h1,3-4,14H,6-9H2. The fraction of sp³-hybridized carbons (Fsp3) is 0.333. The van der Waals surface area contributed by atoms with Gasteiger partial charge in [-0.3, -0.25) is 0 Å². The first-order chi connectivity index (χ1) is 6.92. The summed E-state index contributed by atoms with van der Waals surface area (Å²) >= 11 is 5.55. The molecule has 0 spiro atoms. The predicted molar refractivity (Wildman–Crippen MR) is 59.5 cm³/mol. The summed E-state index contributed by atoms with van der Waals surface area (Å²) in [5, 5.41) is 3.35. The van der Waals surface area contributed by atoms with Crippen LogP contribution in [-0.2, 0) is 13.0 Å². The van der Waals surface area contributed by atoms with E-state index in [1.807, 2.05) is 0 Å². The lowest BCUT2D eigenvalue weighted by molar-refractivity contribution is 0.643. The molecule has 0 atom stereocenters. The van der Waals surface area contributed by atoms with Gasteiger partial charge < -0.3 is 5.32 Å². The summed E-state index contributed by atoms with van der Waals surface area (Å²) in [5.74, 6) is 6.43. The van der Waals surface area contributed by atoms with Gasteiger partial charge in [-0.2, -0.15) is 0 Å². The Labute approximate surface area is 89.5 Å². The van der Waals surface area contributed by atoms with Crippen molar-refractivity contribution in [3.63, 3.8) is 0 Å². The number of alkyl halides is 1. The van der Waals surface area contributed by atoms with Gasteiger partial charge in [-0.15, -0.1) is 11.6 Å². The summed E-state index contributed by atoms with van der Waals surface area (Å²) < 4.78 is 0. The Morgan fingerprint density at radius 3 is 3.21 bits per heavy atom. The summed E-state index contributed by atoms with van der Waals surface area (Å²) in [5.41, 5.74) is 3.91. The van der Waals surface area contributed by atoms with Crippen LogP contribution in [0.5, 0.6) is 0 Å². The van der Waals surface area contributed by atoms with Gasteiger partial charge in [0.2, 0.25) is 0 Å². The Bertz CT molecular complexity index is 387. The van der Waals surface area contributed by atoms with Crippen molar-refractivity contribution in [3.8, 4) is 11.8 Å². The molecule has 1 heterocycles. The highest BCUT2D eigenvalue weighted by molar-refractivity contribution is 6.19. The SMILES string of the molecule is ClCC#Cc1cccc2c1CCNC2. The van der Waals surface area contributed by atoms with Crippen LogP contribution in [-0.4, -0.2) is 12.4 Å². The summed E-state index contributed by atoms with van der Waals surface area (Å²) in [4.78, 5) is 0. The maximum absolute atomic E-state index is 5.55. The van der Waals surface area contributed by atoms with E-state index in [4.69, 9.17) is 11.6 Å². The minimum atomic E-state index is 0.405. The third-order valence-electron chi connectivity index (χ3n) is 2.43. The van der Waals surface area contributed by atoms with E-state index in [1.165, 1.54) is 11.1 Å². The number of hydrogen-bond acceptors (Lipinski definition) is 1. The van der Waals surface area contributed by atoms with Gasteiger partial charge in [-0.05, 0) is 30.2 Å². The number of halogens is 1. The van der Waals surface area contributed by atoms with Gasteiger partial charge in [0.15, 0.2) is 0 Å². The van der Waals surface area contributed by atoms with Crippen LogP contribution in [0.4, 0.5) is 0 Å². The van der Waals surface area contributed by atoms with Crippen molar-refractivity contribution < 1.29 is 0 Å². The van der Waals surface area contributed by atoms with Gasteiger partial charge in [0, 0.05) is 12.1 Å². The summed E-state index contributed by atoms with van der Waals surface area (Å²) in [6.07, 6.45) is 1.07. The van der Waals surface area contributed by atoms with Crippen molar-refractivity contribution in [2.24, 2.45) is 0 Å². The molecule has 1 aliphatic heterocycles. The van der Waals surface area contributed by atoms with Crippen LogP contribution >= 0.6 is 11.6 Å². The molecule has 0 fully saturated rings. The zero-order valence-electron chi connectivity index (χ0n) is 7.94. The molecule has 1 aromatic rings. The van der Waals surface area contributed by atoms with E-state index in [2.05, 4.69) is 35.4 Å². The first kappa shape index (κ1) is 9.58. The van der Waals surface area contributed by atoms with Gasteiger partial charge in [-0.25, -0.2) is 0 Å². The van der Waals surface area contributed by atoms with Crippen molar-refractivity contribution in [2.75, 3.05) is 12.4 Å². The number of benzene rings is 1. The lowest BCUT2D eigenvalue weighted by atomic mass is 9.96. The lowest BCUT2D eigenvalue weighted by Gasteiger charge is -2.17. The maximum Gasteiger partial charge on any atom is 0.0839 e. The van der Waals surface area contributed by atoms with Crippen molar-refractivity contribution >= 4 is 11.6 Å². The minimum Gasteiger partial charge on any atom is -0.312 e.